The highest BCUT2D eigenvalue weighted by Gasteiger charge is 2.29. The van der Waals surface area contributed by atoms with Gasteiger partial charge < -0.3 is 0 Å². The molecule has 0 fully saturated rings. The van der Waals surface area contributed by atoms with Crippen LogP contribution in [0, 0.1) is 4.77 Å². The molecule has 5 nitrogen and oxygen atoms in total. The molecule has 0 saturated carbocycles. The molecule has 9 heteroatoms. The maximum absolute atomic E-state index is 12.6. The Balaban J connectivity index is 1.91. The third-order valence-corrected chi connectivity index (χ3v) is 3.37. The van der Waals surface area contributed by atoms with E-state index in [1.54, 1.807) is 24.4 Å². The number of nitrogens with one attached hydrogen (secondary N) is 1. The summed E-state index contributed by atoms with van der Waals surface area (Å²) in [5, 5.41) is 10.9. The number of benzene rings is 1. The molecule has 2 heterocycles. The third kappa shape index (κ3) is 3.40. The van der Waals surface area contributed by atoms with Gasteiger partial charge in [0.05, 0.1) is 11.8 Å². The fourth-order valence-electron chi connectivity index (χ4n) is 1.94. The van der Waals surface area contributed by atoms with Gasteiger partial charge in [-0.25, -0.2) is 5.10 Å². The van der Waals surface area contributed by atoms with Gasteiger partial charge in [0.15, 0.2) is 0 Å². The molecule has 0 aliphatic rings. The van der Waals surface area contributed by atoms with Crippen LogP contribution in [0.15, 0.2) is 53.8 Å². The monoisotopic (exact) mass is 349 g/mol. The van der Waals surface area contributed by atoms with Gasteiger partial charge in [-0.05, 0) is 42.0 Å². The molecule has 3 rings (SSSR count). The minimum atomic E-state index is -4.37. The van der Waals surface area contributed by atoms with Crippen molar-refractivity contribution in [2.45, 2.75) is 6.18 Å². The lowest BCUT2D eigenvalue weighted by molar-refractivity contribution is -0.137. The van der Waals surface area contributed by atoms with Gasteiger partial charge in [-0.1, -0.05) is 18.2 Å². The predicted octanol–water partition coefficient (Wildman–Crippen LogP) is 3.90. The number of nitrogens with zero attached hydrogens (tertiary/aromatic N) is 4. The van der Waals surface area contributed by atoms with Gasteiger partial charge >= 0.3 is 6.18 Å². The molecular weight excluding hydrogens is 339 g/mol. The normalized spacial score (nSPS) is 12.0. The van der Waals surface area contributed by atoms with Crippen LogP contribution < -0.4 is 0 Å². The molecule has 0 saturated heterocycles. The number of aromatic amines is 1. The Kier molecular flexibility index (Phi) is 4.26. The van der Waals surface area contributed by atoms with Crippen molar-refractivity contribution in [1.82, 2.24) is 19.9 Å². The second-order valence-corrected chi connectivity index (χ2v) is 5.13. The highest BCUT2D eigenvalue weighted by atomic mass is 32.1. The van der Waals surface area contributed by atoms with E-state index in [-0.39, 0.29) is 4.77 Å². The van der Waals surface area contributed by atoms with E-state index in [4.69, 9.17) is 12.2 Å². The summed E-state index contributed by atoms with van der Waals surface area (Å²) < 4.78 is 39.3. The van der Waals surface area contributed by atoms with E-state index >= 15 is 0 Å². The lowest BCUT2D eigenvalue weighted by Gasteiger charge is -2.05. The van der Waals surface area contributed by atoms with Crippen molar-refractivity contribution < 1.29 is 13.2 Å². The second kappa shape index (κ2) is 6.36. The lowest BCUT2D eigenvalue weighted by Crippen LogP contribution is -2.04. The first-order valence-corrected chi connectivity index (χ1v) is 7.16. The first kappa shape index (κ1) is 16.1. The average molecular weight is 349 g/mol. The van der Waals surface area contributed by atoms with E-state index in [1.165, 1.54) is 23.0 Å². The first-order valence-electron chi connectivity index (χ1n) is 6.75. The van der Waals surface area contributed by atoms with Gasteiger partial charge in [0, 0.05) is 6.20 Å². The fraction of sp³-hybridized carbons (Fsp3) is 0.0667. The summed E-state index contributed by atoms with van der Waals surface area (Å²) in [6.07, 6.45) is -1.36. The molecule has 0 bridgehead atoms. The highest BCUT2D eigenvalue weighted by Crippen LogP contribution is 2.28. The minimum absolute atomic E-state index is 0.249. The molecule has 0 aliphatic carbocycles. The zero-order valence-corrected chi connectivity index (χ0v) is 12.8. The summed E-state index contributed by atoms with van der Waals surface area (Å²) in [7, 11) is 0. The minimum Gasteiger partial charge on any atom is -0.253 e. The molecular formula is C15H10F3N5S. The molecule has 0 spiro atoms. The van der Waals surface area contributed by atoms with Crippen molar-refractivity contribution in [1.29, 1.82) is 0 Å². The summed E-state index contributed by atoms with van der Waals surface area (Å²) in [5.41, 5.74) is 0.348. The number of hydrogen-bond acceptors (Lipinski definition) is 4. The number of H-pyrrole nitrogens is 1. The largest absolute Gasteiger partial charge is 0.416 e. The van der Waals surface area contributed by atoms with E-state index in [1.807, 2.05) is 0 Å². The van der Waals surface area contributed by atoms with Crippen molar-refractivity contribution in [3.8, 4) is 11.5 Å². The van der Waals surface area contributed by atoms with Crippen LogP contribution in [-0.4, -0.2) is 26.1 Å². The third-order valence-electron chi connectivity index (χ3n) is 3.10. The van der Waals surface area contributed by atoms with E-state index < -0.39 is 11.7 Å². The summed E-state index contributed by atoms with van der Waals surface area (Å²) in [4.78, 5) is 4.17. The van der Waals surface area contributed by atoms with Crippen molar-refractivity contribution in [3.63, 3.8) is 0 Å². The van der Waals surface area contributed by atoms with Gasteiger partial charge in [0.2, 0.25) is 10.6 Å². The Morgan fingerprint density at radius 3 is 2.50 bits per heavy atom. The van der Waals surface area contributed by atoms with Crippen molar-refractivity contribution >= 4 is 18.4 Å². The number of alkyl halides is 3. The SMILES string of the molecule is FC(F)(F)c1ccc(/C=N\n2c(-c3ccccn3)n[nH]c2=S)cc1. The summed E-state index contributed by atoms with van der Waals surface area (Å²) in [6.45, 7) is 0. The summed E-state index contributed by atoms with van der Waals surface area (Å²) in [6, 6.07) is 9.96. The highest BCUT2D eigenvalue weighted by molar-refractivity contribution is 7.71. The Labute approximate surface area is 139 Å². The standard InChI is InChI=1S/C15H10F3N5S/c16-15(17,18)11-6-4-10(5-7-11)9-20-23-13(21-22-14(23)24)12-3-1-2-8-19-12/h1-9H,(H,22,24)/b20-9-. The quantitative estimate of drug-likeness (QED) is 0.576. The molecule has 1 N–H and O–H groups in total. The summed E-state index contributed by atoms with van der Waals surface area (Å²) >= 11 is 5.11. The topological polar surface area (TPSA) is 58.9 Å². The molecule has 0 amide bonds. The average Bonchev–Trinajstić information content (AvgIpc) is 2.94. The van der Waals surface area contributed by atoms with Gasteiger partial charge in [0.1, 0.15) is 5.69 Å². The number of rotatable bonds is 3. The van der Waals surface area contributed by atoms with E-state index in [0.29, 0.717) is 17.1 Å². The van der Waals surface area contributed by atoms with E-state index in [9.17, 15) is 13.2 Å². The fourth-order valence-corrected chi connectivity index (χ4v) is 2.12. The van der Waals surface area contributed by atoms with Crippen molar-refractivity contribution in [3.05, 3.63) is 64.6 Å². The number of halogens is 3. The van der Waals surface area contributed by atoms with Gasteiger partial charge in [-0.15, -0.1) is 0 Å². The van der Waals surface area contributed by atoms with Crippen LogP contribution in [0.3, 0.4) is 0 Å². The Hall–Kier alpha value is -2.81. The molecule has 0 unspecified atom stereocenters. The van der Waals surface area contributed by atoms with E-state index in [0.717, 1.165) is 12.1 Å². The predicted molar refractivity (Wildman–Crippen MR) is 85.1 cm³/mol. The summed E-state index contributed by atoms with van der Waals surface area (Å²) in [5.74, 6) is 0.406. The van der Waals surface area contributed by atoms with Gasteiger partial charge in [0.25, 0.3) is 0 Å². The Bertz CT molecular complexity index is 911. The zero-order chi connectivity index (χ0) is 17.2. The van der Waals surface area contributed by atoms with Crippen LogP contribution in [-0.2, 0) is 6.18 Å². The Morgan fingerprint density at radius 2 is 1.88 bits per heavy atom. The maximum atomic E-state index is 12.6. The number of hydrogen-bond donors (Lipinski definition) is 1. The van der Waals surface area contributed by atoms with Crippen LogP contribution in [0.2, 0.25) is 0 Å². The van der Waals surface area contributed by atoms with Crippen LogP contribution in [0.1, 0.15) is 11.1 Å². The van der Waals surface area contributed by atoms with E-state index in [2.05, 4.69) is 20.3 Å². The van der Waals surface area contributed by atoms with Crippen molar-refractivity contribution in [2.24, 2.45) is 5.10 Å². The van der Waals surface area contributed by atoms with Crippen LogP contribution in [0.25, 0.3) is 11.5 Å². The molecule has 3 aromatic rings. The number of aromatic nitrogens is 4. The first-order chi connectivity index (χ1) is 11.4. The molecule has 0 radical (unpaired) electrons. The molecule has 1 aromatic carbocycles. The smallest absolute Gasteiger partial charge is 0.253 e. The molecule has 122 valence electrons. The lowest BCUT2D eigenvalue weighted by atomic mass is 10.1. The maximum Gasteiger partial charge on any atom is 0.416 e. The van der Waals surface area contributed by atoms with Crippen LogP contribution >= 0.6 is 12.2 Å². The van der Waals surface area contributed by atoms with Crippen LogP contribution in [0.5, 0.6) is 0 Å². The van der Waals surface area contributed by atoms with Gasteiger partial charge in [-0.2, -0.15) is 28.0 Å². The molecule has 0 atom stereocenters. The van der Waals surface area contributed by atoms with Crippen LogP contribution in [0.4, 0.5) is 13.2 Å². The second-order valence-electron chi connectivity index (χ2n) is 4.74. The molecule has 0 aliphatic heterocycles. The molecule has 24 heavy (non-hydrogen) atoms. The number of pyridine rings is 1. The Morgan fingerprint density at radius 1 is 1.12 bits per heavy atom. The van der Waals surface area contributed by atoms with Gasteiger partial charge in [-0.3, -0.25) is 4.98 Å². The molecule has 2 aromatic heterocycles. The van der Waals surface area contributed by atoms with Crippen molar-refractivity contribution in [2.75, 3.05) is 0 Å². The zero-order valence-electron chi connectivity index (χ0n) is 12.0.